The van der Waals surface area contributed by atoms with Crippen molar-refractivity contribution in [2.75, 3.05) is 14.2 Å². The van der Waals surface area contributed by atoms with E-state index >= 15 is 0 Å². The van der Waals surface area contributed by atoms with Crippen LogP contribution in [0, 0.1) is 11.8 Å². The third-order valence-electron chi connectivity index (χ3n) is 6.28. The molecule has 4 heteroatoms. The topological polar surface area (TPSA) is 48.1 Å². The van der Waals surface area contributed by atoms with E-state index in [1.165, 1.54) is 5.57 Å². The second-order valence-electron chi connectivity index (χ2n) is 6.78. The number of ketones is 1. The molecule has 4 nitrogen and oxygen atoms in total. The first kappa shape index (κ1) is 13.0. The van der Waals surface area contributed by atoms with Crippen molar-refractivity contribution in [3.63, 3.8) is 0 Å². The molecule has 114 valence electrons. The Balaban J connectivity index is 1.87. The average molecular weight is 298 g/mol. The van der Waals surface area contributed by atoms with E-state index in [9.17, 15) is 4.79 Å². The second kappa shape index (κ2) is 3.53. The van der Waals surface area contributed by atoms with E-state index in [1.54, 1.807) is 14.2 Å². The van der Waals surface area contributed by atoms with Crippen LogP contribution in [0.3, 0.4) is 0 Å². The lowest BCUT2D eigenvalue weighted by Crippen LogP contribution is -2.58. The number of carbonyl (C=O) groups excluding carboxylic acids is 1. The molecular formula is C18H18O4. The Kier molecular flexibility index (Phi) is 2.09. The van der Waals surface area contributed by atoms with E-state index in [2.05, 4.69) is 13.0 Å². The minimum absolute atomic E-state index is 0.0871. The van der Waals surface area contributed by atoms with Gasteiger partial charge in [-0.15, -0.1) is 0 Å². The molecule has 4 aliphatic rings. The SMILES string of the molecule is COC1(OC)c2ccccc2C(=O)[C@@]23O[C@@]12[C@H]1C[C@H]3C=C1C. The summed E-state index contributed by atoms with van der Waals surface area (Å²) < 4.78 is 18.1. The molecule has 1 heterocycles. The van der Waals surface area contributed by atoms with Gasteiger partial charge in [-0.3, -0.25) is 4.79 Å². The number of Topliss-reactive ketones (excluding diaryl/α,β-unsaturated/α-hetero) is 1. The number of benzene rings is 1. The quantitative estimate of drug-likeness (QED) is 0.478. The first-order valence-electron chi connectivity index (χ1n) is 7.72. The predicted octanol–water partition coefficient (Wildman–Crippen LogP) is 2.43. The molecule has 1 aromatic rings. The lowest BCUT2D eigenvalue weighted by Gasteiger charge is -2.43. The van der Waals surface area contributed by atoms with Crippen molar-refractivity contribution in [1.82, 2.24) is 0 Å². The molecular weight excluding hydrogens is 280 g/mol. The van der Waals surface area contributed by atoms with Crippen LogP contribution in [0.1, 0.15) is 29.3 Å². The second-order valence-corrected chi connectivity index (χ2v) is 6.78. The van der Waals surface area contributed by atoms with Crippen molar-refractivity contribution in [2.24, 2.45) is 11.8 Å². The smallest absolute Gasteiger partial charge is 0.229 e. The highest BCUT2D eigenvalue weighted by molar-refractivity contribution is 6.10. The maximum absolute atomic E-state index is 13.2. The molecule has 0 unspecified atom stereocenters. The van der Waals surface area contributed by atoms with Crippen LogP contribution in [0.2, 0.25) is 0 Å². The average Bonchev–Trinajstić information content (AvgIpc) is 3.04. The Morgan fingerprint density at radius 3 is 2.68 bits per heavy atom. The number of hydrogen-bond donors (Lipinski definition) is 0. The Labute approximate surface area is 129 Å². The van der Waals surface area contributed by atoms with Gasteiger partial charge in [0.2, 0.25) is 5.79 Å². The van der Waals surface area contributed by atoms with Gasteiger partial charge in [-0.2, -0.15) is 0 Å². The highest BCUT2D eigenvalue weighted by Crippen LogP contribution is 2.79. The van der Waals surface area contributed by atoms with Crippen molar-refractivity contribution in [3.05, 3.63) is 47.0 Å². The number of methoxy groups -OCH3 is 2. The van der Waals surface area contributed by atoms with Gasteiger partial charge in [-0.05, 0) is 13.3 Å². The number of ether oxygens (including phenoxy) is 3. The fraction of sp³-hybridized carbons (Fsp3) is 0.500. The molecule has 0 aromatic heterocycles. The fourth-order valence-corrected chi connectivity index (χ4v) is 5.52. The molecule has 5 rings (SSSR count). The van der Waals surface area contributed by atoms with Crippen LogP contribution < -0.4 is 0 Å². The van der Waals surface area contributed by atoms with Gasteiger partial charge in [0.15, 0.2) is 17.0 Å². The van der Waals surface area contributed by atoms with Crippen LogP contribution in [0.15, 0.2) is 35.9 Å². The minimum atomic E-state index is -1.02. The van der Waals surface area contributed by atoms with Crippen LogP contribution in [-0.4, -0.2) is 31.2 Å². The van der Waals surface area contributed by atoms with Gasteiger partial charge in [0, 0.05) is 37.2 Å². The molecule has 0 radical (unpaired) electrons. The summed E-state index contributed by atoms with van der Waals surface area (Å²) in [6, 6.07) is 7.58. The molecule has 0 amide bonds. The summed E-state index contributed by atoms with van der Waals surface area (Å²) in [6.45, 7) is 2.12. The van der Waals surface area contributed by atoms with E-state index in [-0.39, 0.29) is 17.6 Å². The molecule has 3 aliphatic carbocycles. The van der Waals surface area contributed by atoms with E-state index < -0.39 is 17.0 Å². The maximum atomic E-state index is 13.2. The van der Waals surface area contributed by atoms with Crippen molar-refractivity contribution >= 4 is 5.78 Å². The van der Waals surface area contributed by atoms with E-state index in [0.717, 1.165) is 12.0 Å². The lowest BCUT2D eigenvalue weighted by atomic mass is 9.65. The predicted molar refractivity (Wildman–Crippen MR) is 78.4 cm³/mol. The summed E-state index contributed by atoms with van der Waals surface area (Å²) in [7, 11) is 3.28. The van der Waals surface area contributed by atoms with Gasteiger partial charge in [0.1, 0.15) is 0 Å². The fourth-order valence-electron chi connectivity index (χ4n) is 5.52. The minimum Gasteiger partial charge on any atom is -0.347 e. The van der Waals surface area contributed by atoms with Crippen LogP contribution >= 0.6 is 0 Å². The monoisotopic (exact) mass is 298 g/mol. The van der Waals surface area contributed by atoms with Crippen molar-refractivity contribution in [2.45, 2.75) is 30.3 Å². The third kappa shape index (κ3) is 0.945. The standard InChI is InChI=1S/C18H18O4/c1-10-8-11-9-14(10)17-16(11,22-17)15(19)12-6-4-5-7-13(12)18(17,20-2)21-3/h4-8,11,14H,9H2,1-3H3/t11-,14+,16-,17-/m1/s1. The molecule has 4 atom stereocenters. The summed E-state index contributed by atoms with van der Waals surface area (Å²) in [5.41, 5.74) is 1.23. The molecule has 1 aromatic carbocycles. The Morgan fingerprint density at radius 2 is 1.95 bits per heavy atom. The van der Waals surface area contributed by atoms with Crippen LogP contribution in [-0.2, 0) is 20.0 Å². The van der Waals surface area contributed by atoms with Gasteiger partial charge < -0.3 is 14.2 Å². The lowest BCUT2D eigenvalue weighted by molar-refractivity contribution is -0.264. The third-order valence-corrected chi connectivity index (χ3v) is 6.28. The number of rotatable bonds is 2. The zero-order chi connectivity index (χ0) is 15.3. The van der Waals surface area contributed by atoms with E-state index in [1.807, 2.05) is 24.3 Å². The highest BCUT2D eigenvalue weighted by atomic mass is 16.8. The van der Waals surface area contributed by atoms with Crippen molar-refractivity contribution in [3.8, 4) is 0 Å². The normalized spacial score (nSPS) is 42.5. The van der Waals surface area contributed by atoms with Gasteiger partial charge in [-0.25, -0.2) is 0 Å². The first-order valence-corrected chi connectivity index (χ1v) is 7.72. The van der Waals surface area contributed by atoms with Crippen LogP contribution in [0.25, 0.3) is 0 Å². The molecule has 0 N–H and O–H groups in total. The number of carbonyl (C=O) groups is 1. The Bertz CT molecular complexity index is 747. The summed E-state index contributed by atoms with van der Waals surface area (Å²) in [6.07, 6.45) is 3.15. The molecule has 1 saturated carbocycles. The van der Waals surface area contributed by atoms with Crippen molar-refractivity contribution in [1.29, 1.82) is 0 Å². The Morgan fingerprint density at radius 1 is 1.23 bits per heavy atom. The number of epoxide rings is 1. The van der Waals surface area contributed by atoms with Gasteiger partial charge in [-0.1, -0.05) is 35.9 Å². The van der Waals surface area contributed by atoms with E-state index in [4.69, 9.17) is 14.2 Å². The first-order chi connectivity index (χ1) is 10.6. The molecule has 1 saturated heterocycles. The largest absolute Gasteiger partial charge is 0.347 e. The van der Waals surface area contributed by atoms with Gasteiger partial charge >= 0.3 is 0 Å². The van der Waals surface area contributed by atoms with Gasteiger partial charge in [0.05, 0.1) is 0 Å². The summed E-state index contributed by atoms with van der Waals surface area (Å²) in [5.74, 6) is -0.631. The summed E-state index contributed by atoms with van der Waals surface area (Å²) in [5, 5.41) is 0. The van der Waals surface area contributed by atoms with Crippen molar-refractivity contribution < 1.29 is 19.0 Å². The zero-order valence-electron chi connectivity index (χ0n) is 12.9. The Hall–Kier alpha value is -1.49. The molecule has 2 bridgehead atoms. The molecule has 0 spiro atoms. The van der Waals surface area contributed by atoms with Crippen LogP contribution in [0.4, 0.5) is 0 Å². The highest BCUT2D eigenvalue weighted by Gasteiger charge is 2.94. The summed E-state index contributed by atoms with van der Waals surface area (Å²) in [4.78, 5) is 13.2. The molecule has 2 fully saturated rings. The van der Waals surface area contributed by atoms with E-state index in [0.29, 0.717) is 5.56 Å². The number of fused-ring (bicyclic) bond motifs is 3. The van der Waals surface area contributed by atoms with Gasteiger partial charge in [0.25, 0.3) is 0 Å². The molecule has 1 aliphatic heterocycles. The molecule has 22 heavy (non-hydrogen) atoms. The van der Waals surface area contributed by atoms with Crippen LogP contribution in [0.5, 0.6) is 0 Å². The maximum Gasteiger partial charge on any atom is 0.229 e. The summed E-state index contributed by atoms with van der Waals surface area (Å²) >= 11 is 0. The number of hydrogen-bond acceptors (Lipinski definition) is 4. The zero-order valence-corrected chi connectivity index (χ0v) is 12.9.